The number of pyridine rings is 1. The summed E-state index contributed by atoms with van der Waals surface area (Å²) < 4.78 is 1.87. The van der Waals surface area contributed by atoms with E-state index in [9.17, 15) is 5.11 Å². The van der Waals surface area contributed by atoms with Crippen LogP contribution in [0.25, 0.3) is 11.0 Å². The van der Waals surface area contributed by atoms with E-state index in [0.717, 1.165) is 23.1 Å². The van der Waals surface area contributed by atoms with Crippen molar-refractivity contribution in [2.24, 2.45) is 0 Å². The molecule has 0 aliphatic carbocycles. The van der Waals surface area contributed by atoms with E-state index in [1.54, 1.807) is 0 Å². The van der Waals surface area contributed by atoms with Crippen LogP contribution in [0.1, 0.15) is 46.2 Å². The van der Waals surface area contributed by atoms with Gasteiger partial charge in [-0.1, -0.05) is 18.5 Å². The lowest BCUT2D eigenvalue weighted by atomic mass is 10.1. The quantitative estimate of drug-likeness (QED) is 0.829. The van der Waals surface area contributed by atoms with Crippen LogP contribution in [0, 0.1) is 0 Å². The molecule has 0 aliphatic heterocycles. The molecule has 5 nitrogen and oxygen atoms in total. The van der Waals surface area contributed by atoms with Crippen molar-refractivity contribution < 1.29 is 5.11 Å². The molecule has 0 aromatic carbocycles. The third-order valence-electron chi connectivity index (χ3n) is 3.54. The van der Waals surface area contributed by atoms with E-state index >= 15 is 0 Å². The third-order valence-corrected chi connectivity index (χ3v) is 3.86. The summed E-state index contributed by atoms with van der Waals surface area (Å²) in [5.74, 6) is 0. The molecule has 0 radical (unpaired) electrons. The van der Waals surface area contributed by atoms with Crippen molar-refractivity contribution in [2.75, 3.05) is 13.1 Å². The molecule has 0 unspecified atom stereocenters. The second-order valence-corrected chi connectivity index (χ2v) is 7.01. The molecule has 0 spiro atoms. The molecule has 6 heteroatoms. The summed E-state index contributed by atoms with van der Waals surface area (Å²) in [6.45, 7) is 11.9. The molecule has 2 aromatic rings. The molecule has 0 atom stereocenters. The molecule has 0 amide bonds. The summed E-state index contributed by atoms with van der Waals surface area (Å²) in [7, 11) is 0. The standard InChI is InChI=1S/C16H25ClN4O/c1-6-20(10-16(4,5)22)9-13-7-12-8-18-21(11(2)3)15(12)19-14(13)17/h7-8,11,22H,6,9-10H2,1-5H3. The summed E-state index contributed by atoms with van der Waals surface area (Å²) in [5.41, 5.74) is 1.04. The highest BCUT2D eigenvalue weighted by Gasteiger charge is 2.19. The first-order valence-electron chi connectivity index (χ1n) is 7.68. The number of likely N-dealkylation sites (N-methyl/N-ethyl adjacent to an activating group) is 1. The summed E-state index contributed by atoms with van der Waals surface area (Å²) in [6.07, 6.45) is 1.83. The van der Waals surface area contributed by atoms with Gasteiger partial charge in [-0.3, -0.25) is 4.90 Å². The number of hydrogen-bond acceptors (Lipinski definition) is 4. The van der Waals surface area contributed by atoms with Crippen LogP contribution in [0.4, 0.5) is 0 Å². The average Bonchev–Trinajstić information content (AvgIpc) is 2.79. The fraction of sp³-hybridized carbons (Fsp3) is 0.625. The zero-order valence-corrected chi connectivity index (χ0v) is 14.7. The maximum absolute atomic E-state index is 10.00. The lowest BCUT2D eigenvalue weighted by Gasteiger charge is -2.28. The highest BCUT2D eigenvalue weighted by Crippen LogP contribution is 2.24. The van der Waals surface area contributed by atoms with Crippen molar-refractivity contribution in [3.8, 4) is 0 Å². The second kappa shape index (κ2) is 6.52. The number of nitrogens with zero attached hydrogens (tertiary/aromatic N) is 4. The van der Waals surface area contributed by atoms with E-state index in [1.807, 2.05) is 30.8 Å². The fourth-order valence-corrected chi connectivity index (χ4v) is 2.75. The Hall–Kier alpha value is -1.17. The Balaban J connectivity index is 2.30. The predicted molar refractivity (Wildman–Crippen MR) is 90.2 cm³/mol. The Morgan fingerprint density at radius 2 is 2.09 bits per heavy atom. The summed E-state index contributed by atoms with van der Waals surface area (Å²) in [4.78, 5) is 6.67. The van der Waals surface area contributed by atoms with Crippen LogP contribution >= 0.6 is 11.6 Å². The van der Waals surface area contributed by atoms with Gasteiger partial charge in [0.25, 0.3) is 0 Å². The van der Waals surface area contributed by atoms with Crippen LogP contribution in [0.2, 0.25) is 5.15 Å². The highest BCUT2D eigenvalue weighted by molar-refractivity contribution is 6.30. The lowest BCUT2D eigenvalue weighted by Crippen LogP contribution is -2.38. The molecule has 22 heavy (non-hydrogen) atoms. The van der Waals surface area contributed by atoms with Gasteiger partial charge in [-0.05, 0) is 40.3 Å². The minimum Gasteiger partial charge on any atom is -0.389 e. The van der Waals surface area contributed by atoms with Crippen molar-refractivity contribution in [1.82, 2.24) is 19.7 Å². The second-order valence-electron chi connectivity index (χ2n) is 6.65. The van der Waals surface area contributed by atoms with Gasteiger partial charge in [0.15, 0.2) is 5.65 Å². The topological polar surface area (TPSA) is 54.2 Å². The van der Waals surface area contributed by atoms with Crippen LogP contribution in [0.3, 0.4) is 0 Å². The molecule has 2 aromatic heterocycles. The van der Waals surface area contributed by atoms with E-state index in [2.05, 4.69) is 35.8 Å². The minimum absolute atomic E-state index is 0.245. The van der Waals surface area contributed by atoms with Crippen molar-refractivity contribution >= 4 is 22.6 Å². The SMILES string of the molecule is CCN(Cc1cc2cnn(C(C)C)c2nc1Cl)CC(C)(C)O. The Kier molecular flexibility index (Phi) is 5.10. The van der Waals surface area contributed by atoms with Crippen LogP contribution < -0.4 is 0 Å². The van der Waals surface area contributed by atoms with Gasteiger partial charge in [0.05, 0.1) is 11.8 Å². The third kappa shape index (κ3) is 3.97. The number of aromatic nitrogens is 3. The molecule has 0 aliphatic rings. The maximum atomic E-state index is 10.00. The Labute approximate surface area is 136 Å². The van der Waals surface area contributed by atoms with Gasteiger partial charge in [0.1, 0.15) is 5.15 Å². The summed E-state index contributed by atoms with van der Waals surface area (Å²) >= 11 is 6.37. The first-order chi connectivity index (χ1) is 10.2. The Morgan fingerprint density at radius 3 is 2.64 bits per heavy atom. The highest BCUT2D eigenvalue weighted by atomic mass is 35.5. The number of fused-ring (bicyclic) bond motifs is 1. The first kappa shape index (κ1) is 17.2. The van der Waals surface area contributed by atoms with Crippen LogP contribution in [-0.2, 0) is 6.54 Å². The number of rotatable bonds is 6. The van der Waals surface area contributed by atoms with Gasteiger partial charge in [-0.25, -0.2) is 9.67 Å². The lowest BCUT2D eigenvalue weighted by molar-refractivity contribution is 0.0353. The van der Waals surface area contributed by atoms with E-state index in [1.165, 1.54) is 0 Å². The van der Waals surface area contributed by atoms with Crippen molar-refractivity contribution in [3.63, 3.8) is 0 Å². The number of halogens is 1. The smallest absolute Gasteiger partial charge is 0.159 e. The Morgan fingerprint density at radius 1 is 1.41 bits per heavy atom. The molecule has 0 bridgehead atoms. The molecule has 122 valence electrons. The number of aliphatic hydroxyl groups is 1. The molecule has 0 saturated carbocycles. The fourth-order valence-electron chi connectivity index (χ4n) is 2.56. The molecular weight excluding hydrogens is 300 g/mol. The van der Waals surface area contributed by atoms with Gasteiger partial charge < -0.3 is 5.11 Å². The van der Waals surface area contributed by atoms with Crippen LogP contribution in [0.5, 0.6) is 0 Å². The largest absolute Gasteiger partial charge is 0.389 e. The van der Waals surface area contributed by atoms with Crippen LogP contribution in [-0.4, -0.2) is 43.5 Å². The first-order valence-corrected chi connectivity index (χ1v) is 8.06. The van der Waals surface area contributed by atoms with E-state index in [-0.39, 0.29) is 6.04 Å². The summed E-state index contributed by atoms with van der Waals surface area (Å²) in [5, 5.41) is 15.9. The zero-order valence-electron chi connectivity index (χ0n) is 14.0. The Bertz CT molecular complexity index is 645. The molecule has 1 N–H and O–H groups in total. The number of hydrogen-bond donors (Lipinski definition) is 1. The van der Waals surface area contributed by atoms with Gasteiger partial charge in [0, 0.05) is 30.1 Å². The van der Waals surface area contributed by atoms with Gasteiger partial charge in [-0.2, -0.15) is 5.10 Å². The molecule has 0 fully saturated rings. The van der Waals surface area contributed by atoms with E-state index in [4.69, 9.17) is 11.6 Å². The van der Waals surface area contributed by atoms with Crippen molar-refractivity contribution in [1.29, 1.82) is 0 Å². The van der Waals surface area contributed by atoms with Crippen molar-refractivity contribution in [3.05, 3.63) is 23.0 Å². The molecule has 0 saturated heterocycles. The van der Waals surface area contributed by atoms with Gasteiger partial charge >= 0.3 is 0 Å². The van der Waals surface area contributed by atoms with Gasteiger partial charge in [0.2, 0.25) is 0 Å². The average molecular weight is 325 g/mol. The van der Waals surface area contributed by atoms with E-state index < -0.39 is 5.60 Å². The zero-order chi connectivity index (χ0) is 16.5. The maximum Gasteiger partial charge on any atom is 0.159 e. The molecular formula is C16H25ClN4O. The summed E-state index contributed by atoms with van der Waals surface area (Å²) in [6, 6.07) is 2.29. The molecule has 2 rings (SSSR count). The minimum atomic E-state index is -0.734. The van der Waals surface area contributed by atoms with E-state index in [0.29, 0.717) is 18.2 Å². The predicted octanol–water partition coefficient (Wildman–Crippen LogP) is 3.26. The van der Waals surface area contributed by atoms with Gasteiger partial charge in [-0.15, -0.1) is 0 Å². The molecule has 2 heterocycles. The van der Waals surface area contributed by atoms with Crippen LogP contribution in [0.15, 0.2) is 12.3 Å². The monoisotopic (exact) mass is 324 g/mol. The normalized spacial score (nSPS) is 12.8. The van der Waals surface area contributed by atoms with Crippen molar-refractivity contribution in [2.45, 2.75) is 52.8 Å².